The quantitative estimate of drug-likeness (QED) is 0.894. The van der Waals surface area contributed by atoms with Crippen molar-refractivity contribution < 1.29 is 8.78 Å². The molecule has 0 bridgehead atoms. The lowest BCUT2D eigenvalue weighted by Crippen LogP contribution is -2.31. The van der Waals surface area contributed by atoms with Crippen molar-refractivity contribution >= 4 is 12.4 Å². The van der Waals surface area contributed by atoms with E-state index in [4.69, 9.17) is 0 Å². The highest BCUT2D eigenvalue weighted by molar-refractivity contribution is 5.85. The summed E-state index contributed by atoms with van der Waals surface area (Å²) in [4.78, 5) is 2.13. The Morgan fingerprint density at radius 2 is 1.83 bits per heavy atom. The molecule has 0 aromatic heterocycles. The Hall–Kier alpha value is -0.710. The van der Waals surface area contributed by atoms with Crippen molar-refractivity contribution in [2.24, 2.45) is 0 Å². The van der Waals surface area contributed by atoms with E-state index in [1.54, 1.807) is 0 Å². The lowest BCUT2D eigenvalue weighted by Gasteiger charge is -2.28. The Balaban J connectivity index is 0.00000162. The van der Waals surface area contributed by atoms with Crippen molar-refractivity contribution in [1.29, 1.82) is 0 Å². The minimum absolute atomic E-state index is 0. The highest BCUT2D eigenvalue weighted by atomic mass is 35.5. The molecule has 1 aliphatic heterocycles. The molecule has 0 spiro atoms. The Bertz CT molecular complexity index is 359. The van der Waals surface area contributed by atoms with E-state index in [2.05, 4.69) is 10.2 Å². The van der Waals surface area contributed by atoms with Gasteiger partial charge in [0.1, 0.15) is 11.6 Å². The zero-order valence-electron chi connectivity index (χ0n) is 10.5. The zero-order valence-corrected chi connectivity index (χ0v) is 11.3. The number of nitrogens with one attached hydrogen (secondary N) is 1. The van der Waals surface area contributed by atoms with Crippen LogP contribution in [0, 0.1) is 11.6 Å². The highest BCUT2D eigenvalue weighted by Gasteiger charge is 2.22. The van der Waals surface area contributed by atoms with Crippen LogP contribution in [0.15, 0.2) is 18.2 Å². The SMILES string of the molecule is CC(c1c(F)cccc1F)N1CCCNCC1.Cl. The van der Waals surface area contributed by atoms with Crippen molar-refractivity contribution in [2.75, 3.05) is 26.2 Å². The van der Waals surface area contributed by atoms with Gasteiger partial charge in [-0.1, -0.05) is 6.07 Å². The summed E-state index contributed by atoms with van der Waals surface area (Å²) in [5.74, 6) is -0.899. The first-order valence-electron chi connectivity index (χ1n) is 6.09. The summed E-state index contributed by atoms with van der Waals surface area (Å²) in [5, 5.41) is 3.28. The summed E-state index contributed by atoms with van der Waals surface area (Å²) in [6.45, 7) is 5.42. The van der Waals surface area contributed by atoms with E-state index in [0.717, 1.165) is 32.6 Å². The van der Waals surface area contributed by atoms with Crippen molar-refractivity contribution in [3.05, 3.63) is 35.4 Å². The smallest absolute Gasteiger partial charge is 0.130 e. The lowest BCUT2D eigenvalue weighted by atomic mass is 10.1. The van der Waals surface area contributed by atoms with Gasteiger partial charge in [0.25, 0.3) is 0 Å². The number of benzene rings is 1. The van der Waals surface area contributed by atoms with E-state index in [1.165, 1.54) is 18.2 Å². The predicted molar refractivity (Wildman–Crippen MR) is 71.1 cm³/mol. The van der Waals surface area contributed by atoms with Crippen LogP contribution >= 0.6 is 12.4 Å². The van der Waals surface area contributed by atoms with Gasteiger partial charge in [0.2, 0.25) is 0 Å². The molecule has 1 N–H and O–H groups in total. The van der Waals surface area contributed by atoms with Gasteiger partial charge in [-0.2, -0.15) is 0 Å². The molecular formula is C13H19ClF2N2. The van der Waals surface area contributed by atoms with E-state index in [-0.39, 0.29) is 24.0 Å². The van der Waals surface area contributed by atoms with Crippen LogP contribution in [0.2, 0.25) is 0 Å². The molecule has 1 atom stereocenters. The first-order chi connectivity index (χ1) is 8.20. The van der Waals surface area contributed by atoms with Gasteiger partial charge in [-0.15, -0.1) is 12.4 Å². The lowest BCUT2D eigenvalue weighted by molar-refractivity contribution is 0.216. The van der Waals surface area contributed by atoms with E-state index < -0.39 is 11.6 Å². The topological polar surface area (TPSA) is 15.3 Å². The normalized spacial score (nSPS) is 18.8. The van der Waals surface area contributed by atoms with Crippen molar-refractivity contribution in [3.63, 3.8) is 0 Å². The molecule has 0 saturated carbocycles. The van der Waals surface area contributed by atoms with Gasteiger partial charge in [-0.05, 0) is 38.6 Å². The number of hydrogen-bond acceptors (Lipinski definition) is 2. The maximum Gasteiger partial charge on any atom is 0.130 e. The van der Waals surface area contributed by atoms with Crippen LogP contribution in [-0.2, 0) is 0 Å². The summed E-state index contributed by atoms with van der Waals surface area (Å²) >= 11 is 0. The van der Waals surface area contributed by atoms with Gasteiger partial charge in [0, 0.05) is 24.7 Å². The molecule has 2 nitrogen and oxygen atoms in total. The van der Waals surface area contributed by atoms with Crippen molar-refractivity contribution in [1.82, 2.24) is 10.2 Å². The second-order valence-electron chi connectivity index (χ2n) is 4.45. The summed E-state index contributed by atoms with van der Waals surface area (Å²) < 4.78 is 27.4. The van der Waals surface area contributed by atoms with E-state index in [0.29, 0.717) is 0 Å². The minimum Gasteiger partial charge on any atom is -0.315 e. The fourth-order valence-electron chi connectivity index (χ4n) is 2.35. The molecule has 2 rings (SSSR count). The third kappa shape index (κ3) is 3.40. The predicted octanol–water partition coefficient (Wildman–Crippen LogP) is 2.74. The molecule has 5 heteroatoms. The van der Waals surface area contributed by atoms with Gasteiger partial charge in [0.05, 0.1) is 0 Å². The Labute approximate surface area is 113 Å². The molecule has 1 unspecified atom stereocenters. The molecule has 102 valence electrons. The Kier molecular flexibility index (Phi) is 5.99. The maximum atomic E-state index is 13.7. The second kappa shape index (κ2) is 7.02. The van der Waals surface area contributed by atoms with Gasteiger partial charge < -0.3 is 5.32 Å². The maximum absolute atomic E-state index is 13.7. The van der Waals surface area contributed by atoms with Crippen LogP contribution in [0.4, 0.5) is 8.78 Å². The van der Waals surface area contributed by atoms with Crippen LogP contribution in [0.3, 0.4) is 0 Å². The Morgan fingerprint density at radius 1 is 1.17 bits per heavy atom. The number of halogens is 3. The zero-order chi connectivity index (χ0) is 12.3. The second-order valence-corrected chi connectivity index (χ2v) is 4.45. The van der Waals surface area contributed by atoms with Crippen LogP contribution in [0.25, 0.3) is 0 Å². The summed E-state index contributed by atoms with van der Waals surface area (Å²) in [5.41, 5.74) is 0.189. The monoisotopic (exact) mass is 276 g/mol. The summed E-state index contributed by atoms with van der Waals surface area (Å²) in [6, 6.07) is 3.84. The van der Waals surface area contributed by atoms with Gasteiger partial charge in [0.15, 0.2) is 0 Å². The first-order valence-corrected chi connectivity index (χ1v) is 6.09. The molecule has 1 fully saturated rings. The standard InChI is InChI=1S/C13H18F2N2.ClH/c1-10(17-8-3-6-16-7-9-17)13-11(14)4-2-5-12(13)15;/h2,4-5,10,16H,3,6-9H2,1H3;1H. The van der Waals surface area contributed by atoms with Crippen LogP contribution in [0.1, 0.15) is 24.9 Å². The van der Waals surface area contributed by atoms with Gasteiger partial charge in [-0.25, -0.2) is 8.78 Å². The molecule has 0 aliphatic carbocycles. The molecule has 1 aromatic carbocycles. The van der Waals surface area contributed by atoms with Crippen molar-refractivity contribution in [2.45, 2.75) is 19.4 Å². The third-order valence-corrected chi connectivity index (χ3v) is 3.34. The fourth-order valence-corrected chi connectivity index (χ4v) is 2.35. The third-order valence-electron chi connectivity index (χ3n) is 3.34. The summed E-state index contributed by atoms with van der Waals surface area (Å²) in [6.07, 6.45) is 1.01. The van der Waals surface area contributed by atoms with E-state index in [1.807, 2.05) is 6.92 Å². The number of hydrogen-bond donors (Lipinski definition) is 1. The largest absolute Gasteiger partial charge is 0.315 e. The molecule has 1 aromatic rings. The molecule has 0 radical (unpaired) electrons. The van der Waals surface area contributed by atoms with Gasteiger partial charge in [-0.3, -0.25) is 4.90 Å². The average Bonchev–Trinajstić information content (AvgIpc) is 2.57. The molecule has 1 saturated heterocycles. The van der Waals surface area contributed by atoms with E-state index in [9.17, 15) is 8.78 Å². The first kappa shape index (κ1) is 15.3. The summed E-state index contributed by atoms with van der Waals surface area (Å²) in [7, 11) is 0. The highest BCUT2D eigenvalue weighted by Crippen LogP contribution is 2.25. The van der Waals surface area contributed by atoms with Crippen molar-refractivity contribution in [3.8, 4) is 0 Å². The molecule has 1 heterocycles. The van der Waals surface area contributed by atoms with Crippen LogP contribution < -0.4 is 5.32 Å². The molecule has 18 heavy (non-hydrogen) atoms. The van der Waals surface area contributed by atoms with E-state index >= 15 is 0 Å². The molecular weight excluding hydrogens is 258 g/mol. The fraction of sp³-hybridized carbons (Fsp3) is 0.538. The Morgan fingerprint density at radius 3 is 2.50 bits per heavy atom. The molecule has 1 aliphatic rings. The number of rotatable bonds is 2. The average molecular weight is 277 g/mol. The minimum atomic E-state index is -0.449. The number of nitrogens with zero attached hydrogens (tertiary/aromatic N) is 1. The van der Waals surface area contributed by atoms with Gasteiger partial charge >= 0.3 is 0 Å². The van der Waals surface area contributed by atoms with Crippen LogP contribution in [0.5, 0.6) is 0 Å². The molecule has 0 amide bonds. The van der Waals surface area contributed by atoms with Crippen LogP contribution in [-0.4, -0.2) is 31.1 Å².